The van der Waals surface area contributed by atoms with E-state index in [2.05, 4.69) is 5.10 Å². The summed E-state index contributed by atoms with van der Waals surface area (Å²) in [5, 5.41) is 14.0. The first kappa shape index (κ1) is 26.2. The van der Waals surface area contributed by atoms with Crippen LogP contribution in [0, 0.1) is 11.6 Å². The van der Waals surface area contributed by atoms with Gasteiger partial charge in [0, 0.05) is 29.7 Å². The van der Waals surface area contributed by atoms with E-state index in [4.69, 9.17) is 26.2 Å². The number of aromatic nitrogens is 2. The van der Waals surface area contributed by atoms with Gasteiger partial charge >= 0.3 is 5.97 Å². The van der Waals surface area contributed by atoms with Gasteiger partial charge in [0.05, 0.1) is 17.8 Å². The summed E-state index contributed by atoms with van der Waals surface area (Å²) in [6, 6.07) is 15.8. The summed E-state index contributed by atoms with van der Waals surface area (Å²) in [5.74, 6) is -4.28. The zero-order valence-electron chi connectivity index (χ0n) is 20.7. The van der Waals surface area contributed by atoms with E-state index in [0.29, 0.717) is 39.7 Å². The summed E-state index contributed by atoms with van der Waals surface area (Å²) in [5.41, 5.74) is 2.48. The highest BCUT2D eigenvalue weighted by molar-refractivity contribution is 6.31. The number of hydrogen-bond donors (Lipinski definition) is 1. The minimum absolute atomic E-state index is 0.0398. The third kappa shape index (κ3) is 5.28. The molecule has 2 heterocycles. The zero-order chi connectivity index (χ0) is 27.7. The van der Waals surface area contributed by atoms with Gasteiger partial charge in [-0.3, -0.25) is 9.48 Å². The molecular formula is C28H22ClF2N3O5. The standard InChI is InChI=1S/C28H22ClF2N3O5/c1-33-25-19-13-18(29)7-8-23(19)39-15-20(25)24(32-33)27(35)34(14-16-5-3-2-4-6-16)9-10-38-26-21(30)11-17(28(36)37)12-22(26)31/h2-8,11-13H,9-10,14-15H2,1H3,(H,36,37). The Kier molecular flexibility index (Phi) is 7.21. The average Bonchev–Trinajstić information content (AvgIpc) is 3.26. The molecule has 1 amide bonds. The molecule has 5 rings (SSSR count). The van der Waals surface area contributed by atoms with E-state index in [1.54, 1.807) is 29.9 Å². The van der Waals surface area contributed by atoms with E-state index in [1.807, 2.05) is 30.3 Å². The second-order valence-corrected chi connectivity index (χ2v) is 9.30. The van der Waals surface area contributed by atoms with Crippen LogP contribution in [-0.2, 0) is 20.2 Å². The van der Waals surface area contributed by atoms with Gasteiger partial charge in [0.1, 0.15) is 19.0 Å². The summed E-state index contributed by atoms with van der Waals surface area (Å²) in [7, 11) is 1.72. The van der Waals surface area contributed by atoms with Gasteiger partial charge in [-0.25, -0.2) is 13.6 Å². The molecule has 0 spiro atoms. The SMILES string of the molecule is Cn1nc(C(=O)N(CCOc2c(F)cc(C(=O)O)cc2F)Cc2ccccc2)c2c1-c1cc(Cl)ccc1OC2. The molecule has 0 atom stereocenters. The van der Waals surface area contributed by atoms with Crippen molar-refractivity contribution in [3.05, 3.63) is 99.7 Å². The number of carboxylic acid groups (broad SMARTS) is 1. The van der Waals surface area contributed by atoms with Crippen LogP contribution >= 0.6 is 11.6 Å². The summed E-state index contributed by atoms with van der Waals surface area (Å²) < 4.78 is 41.5. The fraction of sp³-hybridized carbons (Fsp3) is 0.179. The highest BCUT2D eigenvalue weighted by atomic mass is 35.5. The minimum Gasteiger partial charge on any atom is -0.488 e. The molecule has 0 unspecified atom stereocenters. The third-order valence-electron chi connectivity index (χ3n) is 6.27. The number of aryl methyl sites for hydroxylation is 1. The molecule has 1 aliphatic heterocycles. The molecule has 0 radical (unpaired) electrons. The Balaban J connectivity index is 1.42. The van der Waals surface area contributed by atoms with Crippen LogP contribution in [0.15, 0.2) is 60.7 Å². The first-order chi connectivity index (χ1) is 18.7. The molecular weight excluding hydrogens is 532 g/mol. The van der Waals surface area contributed by atoms with Crippen molar-refractivity contribution in [1.29, 1.82) is 0 Å². The third-order valence-corrected chi connectivity index (χ3v) is 6.51. The highest BCUT2D eigenvalue weighted by Gasteiger charge is 2.31. The minimum atomic E-state index is -1.47. The van der Waals surface area contributed by atoms with Crippen LogP contribution in [0.4, 0.5) is 8.78 Å². The Morgan fingerprint density at radius 1 is 1.13 bits per heavy atom. The molecule has 1 aliphatic rings. The number of halogens is 3. The summed E-state index contributed by atoms with van der Waals surface area (Å²) in [4.78, 5) is 26.3. The van der Waals surface area contributed by atoms with Crippen molar-refractivity contribution >= 4 is 23.5 Å². The van der Waals surface area contributed by atoms with E-state index < -0.39 is 34.8 Å². The van der Waals surface area contributed by atoms with E-state index >= 15 is 0 Å². The van der Waals surface area contributed by atoms with Gasteiger partial charge in [-0.1, -0.05) is 41.9 Å². The maximum absolute atomic E-state index is 14.4. The second kappa shape index (κ2) is 10.7. The van der Waals surface area contributed by atoms with Gasteiger partial charge < -0.3 is 19.5 Å². The van der Waals surface area contributed by atoms with Gasteiger partial charge in [0.15, 0.2) is 23.1 Å². The van der Waals surface area contributed by atoms with Crippen LogP contribution in [0.25, 0.3) is 11.3 Å². The number of carbonyl (C=O) groups is 2. The number of fused-ring (bicyclic) bond motifs is 3. The largest absolute Gasteiger partial charge is 0.488 e. The lowest BCUT2D eigenvalue weighted by atomic mass is 10.0. The number of amides is 1. The van der Waals surface area contributed by atoms with Crippen molar-refractivity contribution in [2.75, 3.05) is 13.2 Å². The predicted octanol–water partition coefficient (Wildman–Crippen LogP) is 5.33. The molecule has 200 valence electrons. The van der Waals surface area contributed by atoms with Crippen LogP contribution < -0.4 is 9.47 Å². The molecule has 8 nitrogen and oxygen atoms in total. The molecule has 0 bridgehead atoms. The van der Waals surface area contributed by atoms with Gasteiger partial charge in [0.25, 0.3) is 5.91 Å². The van der Waals surface area contributed by atoms with E-state index in [0.717, 1.165) is 5.56 Å². The normalized spacial score (nSPS) is 11.8. The number of benzene rings is 3. The Hall–Kier alpha value is -4.44. The fourth-order valence-corrected chi connectivity index (χ4v) is 4.63. The smallest absolute Gasteiger partial charge is 0.335 e. The molecule has 0 saturated carbocycles. The molecule has 0 saturated heterocycles. The molecule has 3 aromatic carbocycles. The van der Waals surface area contributed by atoms with Crippen molar-refractivity contribution < 1.29 is 33.0 Å². The lowest BCUT2D eigenvalue weighted by Crippen LogP contribution is -2.35. The number of nitrogens with zero attached hydrogens (tertiary/aromatic N) is 3. The zero-order valence-corrected chi connectivity index (χ0v) is 21.4. The number of rotatable bonds is 8. The van der Waals surface area contributed by atoms with Crippen LogP contribution in [0.5, 0.6) is 11.5 Å². The predicted molar refractivity (Wildman–Crippen MR) is 138 cm³/mol. The summed E-state index contributed by atoms with van der Waals surface area (Å²) >= 11 is 6.20. The number of hydrogen-bond acceptors (Lipinski definition) is 5. The summed E-state index contributed by atoms with van der Waals surface area (Å²) in [6.07, 6.45) is 0. The second-order valence-electron chi connectivity index (χ2n) is 8.86. The topological polar surface area (TPSA) is 93.9 Å². The maximum Gasteiger partial charge on any atom is 0.335 e. The highest BCUT2D eigenvalue weighted by Crippen LogP contribution is 2.40. The Morgan fingerprint density at radius 3 is 2.54 bits per heavy atom. The van der Waals surface area contributed by atoms with E-state index in [9.17, 15) is 18.4 Å². The Bertz CT molecular complexity index is 1550. The van der Waals surface area contributed by atoms with Crippen LogP contribution in [0.1, 0.15) is 32.0 Å². The number of carboxylic acids is 1. The Labute approximate surface area is 226 Å². The van der Waals surface area contributed by atoms with Crippen molar-refractivity contribution in [2.24, 2.45) is 7.05 Å². The fourth-order valence-electron chi connectivity index (χ4n) is 4.46. The monoisotopic (exact) mass is 553 g/mol. The van der Waals surface area contributed by atoms with Gasteiger partial charge in [-0.05, 0) is 35.9 Å². The van der Waals surface area contributed by atoms with Crippen molar-refractivity contribution in [3.8, 4) is 22.8 Å². The van der Waals surface area contributed by atoms with Crippen LogP contribution in [0.2, 0.25) is 5.02 Å². The van der Waals surface area contributed by atoms with E-state index in [-0.39, 0.29) is 32.0 Å². The summed E-state index contributed by atoms with van der Waals surface area (Å²) in [6.45, 7) is 0.00613. The lowest BCUT2D eigenvalue weighted by molar-refractivity contribution is 0.0687. The quantitative estimate of drug-likeness (QED) is 0.317. The first-order valence-electron chi connectivity index (χ1n) is 11.9. The van der Waals surface area contributed by atoms with Gasteiger partial charge in [0.2, 0.25) is 0 Å². The number of carbonyl (C=O) groups excluding carboxylic acids is 1. The van der Waals surface area contributed by atoms with E-state index in [1.165, 1.54) is 4.90 Å². The number of aromatic carboxylic acids is 1. The molecule has 4 aromatic rings. The van der Waals surface area contributed by atoms with Crippen molar-refractivity contribution in [2.45, 2.75) is 13.2 Å². The van der Waals surface area contributed by atoms with Gasteiger partial charge in [-0.15, -0.1) is 0 Å². The lowest BCUT2D eigenvalue weighted by Gasteiger charge is -2.24. The van der Waals surface area contributed by atoms with Crippen LogP contribution in [-0.4, -0.2) is 44.8 Å². The molecule has 0 fully saturated rings. The molecule has 1 N–H and O–H groups in total. The van der Waals surface area contributed by atoms with Crippen molar-refractivity contribution in [1.82, 2.24) is 14.7 Å². The maximum atomic E-state index is 14.4. The molecule has 1 aromatic heterocycles. The van der Waals surface area contributed by atoms with Crippen molar-refractivity contribution in [3.63, 3.8) is 0 Å². The molecule has 11 heteroatoms. The molecule has 0 aliphatic carbocycles. The molecule has 39 heavy (non-hydrogen) atoms. The average molecular weight is 554 g/mol. The first-order valence-corrected chi connectivity index (χ1v) is 12.3. The van der Waals surface area contributed by atoms with Crippen LogP contribution in [0.3, 0.4) is 0 Å². The van der Waals surface area contributed by atoms with Gasteiger partial charge in [-0.2, -0.15) is 5.10 Å². The number of ether oxygens (including phenoxy) is 2. The Morgan fingerprint density at radius 2 is 1.85 bits per heavy atom.